The maximum absolute atomic E-state index is 12.7. The molecule has 0 aliphatic rings. The Morgan fingerprint density at radius 1 is 1.10 bits per heavy atom. The van der Waals surface area contributed by atoms with E-state index in [-0.39, 0.29) is 31.2 Å². The second-order valence-electron chi connectivity index (χ2n) is 6.50. The van der Waals surface area contributed by atoms with Crippen LogP contribution in [0.25, 0.3) is 0 Å². The summed E-state index contributed by atoms with van der Waals surface area (Å²) < 4.78 is 5.17. The summed E-state index contributed by atoms with van der Waals surface area (Å²) in [5.41, 5.74) is 11.6. The van der Waals surface area contributed by atoms with Crippen LogP contribution < -0.4 is 22.1 Å². The summed E-state index contributed by atoms with van der Waals surface area (Å²) in [5.74, 6) is -0.572. The van der Waals surface area contributed by atoms with E-state index >= 15 is 0 Å². The maximum Gasteiger partial charge on any atom is 0.408 e. The van der Waals surface area contributed by atoms with Crippen molar-refractivity contribution < 1.29 is 19.2 Å². The summed E-state index contributed by atoms with van der Waals surface area (Å²) in [6, 6.07) is 13.5. The molecular formula is C20H24N6O5. The third-order valence-electron chi connectivity index (χ3n) is 4.11. The standard InChI is InChI=1S/C20H24N6O5/c21-19(22)23-12-4-7-17(25-20(28)31-13-14-5-2-1-3-6-14)18(27)24-15-8-10-16(11-9-15)26(29)30/h1-3,5-6,8-11,17H,4,7,12-13H2,(H,24,27)(H,25,28)(H4,21,22,23)/t17-/m1/s1. The first-order valence-corrected chi connectivity index (χ1v) is 9.43. The van der Waals surface area contributed by atoms with E-state index in [1.54, 1.807) is 12.1 Å². The van der Waals surface area contributed by atoms with Gasteiger partial charge in [0.1, 0.15) is 12.6 Å². The number of nitrogens with zero attached hydrogens (tertiary/aromatic N) is 2. The fourth-order valence-corrected chi connectivity index (χ4v) is 2.58. The zero-order chi connectivity index (χ0) is 22.6. The fourth-order valence-electron chi connectivity index (χ4n) is 2.58. The van der Waals surface area contributed by atoms with Gasteiger partial charge in [-0.25, -0.2) is 4.79 Å². The van der Waals surface area contributed by atoms with Crippen molar-refractivity contribution in [1.82, 2.24) is 5.32 Å². The number of benzene rings is 2. The number of hydrogen-bond donors (Lipinski definition) is 4. The molecule has 0 radical (unpaired) electrons. The topological polar surface area (TPSA) is 175 Å². The second-order valence-corrected chi connectivity index (χ2v) is 6.50. The van der Waals surface area contributed by atoms with E-state index in [1.807, 2.05) is 18.2 Å². The maximum atomic E-state index is 12.7. The lowest BCUT2D eigenvalue weighted by atomic mass is 10.1. The Kier molecular flexibility index (Phi) is 8.77. The van der Waals surface area contributed by atoms with Crippen LogP contribution in [-0.2, 0) is 16.1 Å². The Morgan fingerprint density at radius 3 is 2.39 bits per heavy atom. The van der Waals surface area contributed by atoms with Crippen LogP contribution in [-0.4, -0.2) is 35.5 Å². The van der Waals surface area contributed by atoms with Crippen LogP contribution in [0.15, 0.2) is 59.6 Å². The quantitative estimate of drug-likeness (QED) is 0.147. The number of rotatable bonds is 10. The molecule has 11 heteroatoms. The molecule has 164 valence electrons. The van der Waals surface area contributed by atoms with Gasteiger partial charge in [-0.15, -0.1) is 0 Å². The minimum absolute atomic E-state index is 0.0529. The molecule has 0 bridgehead atoms. The molecule has 0 saturated heterocycles. The highest BCUT2D eigenvalue weighted by Gasteiger charge is 2.21. The van der Waals surface area contributed by atoms with Gasteiger partial charge in [0.2, 0.25) is 5.91 Å². The van der Waals surface area contributed by atoms with Crippen molar-refractivity contribution in [3.05, 3.63) is 70.3 Å². The van der Waals surface area contributed by atoms with E-state index in [0.717, 1.165) is 5.56 Å². The van der Waals surface area contributed by atoms with Gasteiger partial charge in [-0.1, -0.05) is 30.3 Å². The average Bonchev–Trinajstić information content (AvgIpc) is 2.75. The lowest BCUT2D eigenvalue weighted by molar-refractivity contribution is -0.384. The van der Waals surface area contributed by atoms with Crippen LogP contribution in [0.1, 0.15) is 18.4 Å². The molecule has 0 fully saturated rings. The predicted octanol–water partition coefficient (Wildman–Crippen LogP) is 1.88. The molecule has 0 heterocycles. The largest absolute Gasteiger partial charge is 0.445 e. The predicted molar refractivity (Wildman–Crippen MR) is 115 cm³/mol. The minimum Gasteiger partial charge on any atom is -0.445 e. The first kappa shape index (κ1) is 23.1. The van der Waals surface area contributed by atoms with Crippen molar-refractivity contribution in [2.75, 3.05) is 11.9 Å². The molecule has 2 rings (SSSR count). The van der Waals surface area contributed by atoms with Crippen molar-refractivity contribution >= 4 is 29.3 Å². The summed E-state index contributed by atoms with van der Waals surface area (Å²) in [6.07, 6.45) is -0.0832. The molecule has 1 atom stereocenters. The first-order valence-electron chi connectivity index (χ1n) is 9.43. The molecule has 2 aromatic rings. The summed E-state index contributed by atoms with van der Waals surface area (Å²) in [6.45, 7) is 0.335. The molecule has 0 spiro atoms. The Labute approximate surface area is 178 Å². The van der Waals surface area contributed by atoms with Gasteiger partial charge in [-0.3, -0.25) is 19.9 Å². The molecule has 11 nitrogen and oxygen atoms in total. The number of carbonyl (C=O) groups is 2. The summed E-state index contributed by atoms with van der Waals surface area (Å²) in [5, 5.41) is 15.9. The van der Waals surface area contributed by atoms with Gasteiger partial charge in [0.25, 0.3) is 5.69 Å². The number of nitro groups is 1. The van der Waals surface area contributed by atoms with Gasteiger partial charge < -0.3 is 26.8 Å². The van der Waals surface area contributed by atoms with E-state index in [1.165, 1.54) is 24.3 Å². The Hall–Kier alpha value is -4.15. The number of aliphatic imine (C=N–C) groups is 1. The van der Waals surface area contributed by atoms with Crippen LogP contribution >= 0.6 is 0 Å². The lowest BCUT2D eigenvalue weighted by Gasteiger charge is -2.18. The van der Waals surface area contributed by atoms with Crippen molar-refractivity contribution in [3.63, 3.8) is 0 Å². The highest BCUT2D eigenvalue weighted by Crippen LogP contribution is 2.16. The summed E-state index contributed by atoms with van der Waals surface area (Å²) in [4.78, 5) is 38.9. The van der Waals surface area contributed by atoms with Gasteiger partial charge in [-0.05, 0) is 30.5 Å². The number of amides is 2. The first-order chi connectivity index (χ1) is 14.8. The monoisotopic (exact) mass is 428 g/mol. The number of nitrogens with one attached hydrogen (secondary N) is 2. The SMILES string of the molecule is NC(N)=NCCC[C@@H](NC(=O)OCc1ccccc1)C(=O)Nc1ccc([N+](=O)[O-])cc1. The van der Waals surface area contributed by atoms with Crippen LogP contribution in [0.4, 0.5) is 16.2 Å². The van der Waals surface area contributed by atoms with Crippen molar-refractivity contribution in [1.29, 1.82) is 0 Å². The van der Waals surface area contributed by atoms with Gasteiger partial charge >= 0.3 is 6.09 Å². The normalized spacial score (nSPS) is 11.1. The Bertz CT molecular complexity index is 913. The Balaban J connectivity index is 1.98. The number of anilines is 1. The minimum atomic E-state index is -0.923. The van der Waals surface area contributed by atoms with Gasteiger partial charge in [0.05, 0.1) is 4.92 Å². The van der Waals surface area contributed by atoms with E-state index in [0.29, 0.717) is 12.1 Å². The van der Waals surface area contributed by atoms with E-state index in [4.69, 9.17) is 16.2 Å². The molecular weight excluding hydrogens is 404 g/mol. The van der Waals surface area contributed by atoms with E-state index in [2.05, 4.69) is 15.6 Å². The van der Waals surface area contributed by atoms with E-state index < -0.39 is 23.0 Å². The second kappa shape index (κ2) is 11.8. The summed E-state index contributed by atoms with van der Waals surface area (Å²) in [7, 11) is 0. The fraction of sp³-hybridized carbons (Fsp3) is 0.250. The average molecular weight is 428 g/mol. The highest BCUT2D eigenvalue weighted by molar-refractivity contribution is 5.96. The molecule has 0 saturated carbocycles. The Morgan fingerprint density at radius 2 is 1.77 bits per heavy atom. The third-order valence-corrected chi connectivity index (χ3v) is 4.11. The van der Waals surface area contributed by atoms with Crippen molar-refractivity contribution in [2.24, 2.45) is 16.5 Å². The van der Waals surface area contributed by atoms with Gasteiger partial charge in [0, 0.05) is 24.4 Å². The molecule has 2 aromatic carbocycles. The van der Waals surface area contributed by atoms with Crippen LogP contribution in [0.2, 0.25) is 0 Å². The zero-order valence-corrected chi connectivity index (χ0v) is 16.7. The number of nitro benzene ring substituents is 1. The van der Waals surface area contributed by atoms with E-state index in [9.17, 15) is 19.7 Å². The number of alkyl carbamates (subject to hydrolysis) is 1. The molecule has 0 unspecified atom stereocenters. The number of nitrogens with two attached hydrogens (primary N) is 2. The smallest absolute Gasteiger partial charge is 0.408 e. The molecule has 0 aliphatic carbocycles. The molecule has 31 heavy (non-hydrogen) atoms. The molecule has 2 amide bonds. The number of ether oxygens (including phenoxy) is 1. The lowest BCUT2D eigenvalue weighted by Crippen LogP contribution is -2.44. The zero-order valence-electron chi connectivity index (χ0n) is 16.7. The summed E-state index contributed by atoms with van der Waals surface area (Å²) >= 11 is 0. The molecule has 0 aliphatic heterocycles. The molecule has 0 aromatic heterocycles. The highest BCUT2D eigenvalue weighted by atomic mass is 16.6. The molecule has 6 N–H and O–H groups in total. The van der Waals surface area contributed by atoms with Crippen LogP contribution in [0.3, 0.4) is 0 Å². The number of non-ortho nitro benzene ring substituents is 1. The van der Waals surface area contributed by atoms with Gasteiger partial charge in [0.15, 0.2) is 5.96 Å². The number of guanidine groups is 1. The number of carbonyl (C=O) groups excluding carboxylic acids is 2. The van der Waals surface area contributed by atoms with Gasteiger partial charge in [-0.2, -0.15) is 0 Å². The number of hydrogen-bond acceptors (Lipinski definition) is 6. The third kappa shape index (κ3) is 8.40. The van der Waals surface area contributed by atoms with Crippen LogP contribution in [0, 0.1) is 10.1 Å². The van der Waals surface area contributed by atoms with Crippen molar-refractivity contribution in [2.45, 2.75) is 25.5 Å². The van der Waals surface area contributed by atoms with Crippen molar-refractivity contribution in [3.8, 4) is 0 Å². The van der Waals surface area contributed by atoms with Crippen LogP contribution in [0.5, 0.6) is 0 Å².